The van der Waals surface area contributed by atoms with Gasteiger partial charge in [0.2, 0.25) is 0 Å². The Morgan fingerprint density at radius 2 is 1.83 bits per heavy atom. The van der Waals surface area contributed by atoms with Crippen molar-refractivity contribution >= 4 is 51.7 Å². The van der Waals surface area contributed by atoms with E-state index < -0.39 is 0 Å². The number of hydrazone groups is 1. The fraction of sp³-hybridized carbons (Fsp3) is 0.179. The Balaban J connectivity index is 1.76. The smallest absolute Gasteiger partial charge is 0.283 e. The number of likely N-dealkylation sites (N-methyl/N-ethyl adjacent to an activating group) is 1. The largest absolute Gasteiger partial charge is 0.340 e. The lowest BCUT2D eigenvalue weighted by atomic mass is 10.0. The number of aromatic nitrogens is 1. The number of aryl methyl sites for hydroxylation is 1. The Morgan fingerprint density at radius 3 is 2.54 bits per heavy atom. The van der Waals surface area contributed by atoms with Gasteiger partial charge in [0.15, 0.2) is 0 Å². The molecule has 7 heteroatoms. The summed E-state index contributed by atoms with van der Waals surface area (Å²) in [6.07, 6.45) is 5.73. The lowest BCUT2D eigenvalue weighted by molar-refractivity contribution is -0.112. The van der Waals surface area contributed by atoms with Crippen LogP contribution in [-0.2, 0) is 11.3 Å². The van der Waals surface area contributed by atoms with E-state index in [-0.39, 0.29) is 11.5 Å². The molecule has 0 unspecified atom stereocenters. The summed E-state index contributed by atoms with van der Waals surface area (Å²) >= 11 is 1.34. The minimum absolute atomic E-state index is 0.134. The van der Waals surface area contributed by atoms with E-state index in [0.717, 1.165) is 16.9 Å². The van der Waals surface area contributed by atoms with Crippen LogP contribution in [0.15, 0.2) is 77.2 Å². The number of allylic oxidation sites excluding steroid dienone is 1. The molecular weight excluding hydrogens is 456 g/mol. The number of benzene rings is 2. The number of nitrogens with zero attached hydrogens (tertiary/aromatic N) is 4. The van der Waals surface area contributed by atoms with Crippen molar-refractivity contribution in [1.82, 2.24) is 4.57 Å². The second kappa shape index (κ2) is 9.00. The first-order chi connectivity index (χ1) is 16.9. The van der Waals surface area contributed by atoms with Crippen molar-refractivity contribution in [1.29, 1.82) is 0 Å². The maximum Gasteiger partial charge on any atom is 0.283 e. The monoisotopic (exact) mass is 482 g/mol. The van der Waals surface area contributed by atoms with E-state index in [9.17, 15) is 9.59 Å². The molecule has 0 atom stereocenters. The first-order valence-corrected chi connectivity index (χ1v) is 12.4. The van der Waals surface area contributed by atoms with Crippen LogP contribution in [0.3, 0.4) is 0 Å². The number of fused-ring (bicyclic) bond motifs is 1. The van der Waals surface area contributed by atoms with Gasteiger partial charge in [0.25, 0.3) is 11.5 Å². The van der Waals surface area contributed by atoms with Crippen LogP contribution in [0.2, 0.25) is 0 Å². The number of hydrogen-bond acceptors (Lipinski definition) is 5. The molecular formula is C28H26N4O2S. The van der Waals surface area contributed by atoms with Gasteiger partial charge in [-0.3, -0.25) is 14.2 Å². The standard InChI is InChI=1S/C28H26N4O2S/c1-5-16-31-27(34)25(23-15-13-20-17-18(3)12-14-22(20)30(23)6-2)35-28(31)24-19(4)29-32(26(24)33)21-10-8-7-9-11-21/h5,7-15,17H,1,6,16H2,2-4H3/b25-23+,28-24+. The molecule has 6 nitrogen and oxygen atoms in total. The number of hydrogen-bond donors (Lipinski definition) is 0. The van der Waals surface area contributed by atoms with E-state index in [1.54, 1.807) is 10.6 Å². The molecule has 2 aromatic carbocycles. The summed E-state index contributed by atoms with van der Waals surface area (Å²) in [6.45, 7) is 10.8. The zero-order valence-electron chi connectivity index (χ0n) is 20.0. The lowest BCUT2D eigenvalue weighted by Crippen LogP contribution is -2.37. The molecule has 35 heavy (non-hydrogen) atoms. The van der Waals surface area contributed by atoms with Crippen LogP contribution in [0.25, 0.3) is 17.3 Å². The first-order valence-electron chi connectivity index (χ1n) is 11.5. The van der Waals surface area contributed by atoms with Crippen molar-refractivity contribution in [2.75, 3.05) is 16.5 Å². The number of rotatable bonds is 4. The number of thiazole rings is 1. The molecule has 5 rings (SSSR count). The summed E-state index contributed by atoms with van der Waals surface area (Å²) in [4.78, 5) is 29.3. The van der Waals surface area contributed by atoms with Crippen LogP contribution in [0.4, 0.5) is 11.4 Å². The van der Waals surface area contributed by atoms with Gasteiger partial charge >= 0.3 is 0 Å². The third kappa shape index (κ3) is 3.78. The fourth-order valence-corrected chi connectivity index (χ4v) is 5.81. The summed E-state index contributed by atoms with van der Waals surface area (Å²) in [5.74, 6) is -0.239. The van der Waals surface area contributed by atoms with Gasteiger partial charge in [0.05, 0.1) is 22.7 Å². The molecule has 0 saturated heterocycles. The summed E-state index contributed by atoms with van der Waals surface area (Å²) in [6, 6.07) is 15.6. The number of anilines is 2. The third-order valence-corrected chi connectivity index (χ3v) is 7.37. The molecule has 0 N–H and O–H groups in total. The third-order valence-electron chi connectivity index (χ3n) is 6.16. The molecule has 0 fully saturated rings. The summed E-state index contributed by atoms with van der Waals surface area (Å²) in [7, 11) is 0. The lowest BCUT2D eigenvalue weighted by Gasteiger charge is -2.29. The maximum atomic E-state index is 13.7. The molecule has 3 aromatic rings. The molecule has 0 saturated carbocycles. The predicted octanol–water partition coefficient (Wildman–Crippen LogP) is 3.64. The van der Waals surface area contributed by atoms with Crippen molar-refractivity contribution in [2.24, 2.45) is 5.10 Å². The highest BCUT2D eigenvalue weighted by molar-refractivity contribution is 7.08. The Hall–Kier alpha value is -3.97. The molecule has 0 bridgehead atoms. The van der Waals surface area contributed by atoms with Crippen molar-refractivity contribution in [3.63, 3.8) is 0 Å². The average molecular weight is 483 g/mol. The zero-order valence-corrected chi connectivity index (χ0v) is 20.8. The quantitative estimate of drug-likeness (QED) is 0.534. The van der Waals surface area contributed by atoms with Crippen LogP contribution in [0.5, 0.6) is 0 Å². The average Bonchev–Trinajstić information content (AvgIpc) is 3.33. The van der Waals surface area contributed by atoms with Gasteiger partial charge in [-0.25, -0.2) is 0 Å². The Bertz CT molecular complexity index is 1590. The topological polar surface area (TPSA) is 57.9 Å². The Labute approximate surface area is 207 Å². The van der Waals surface area contributed by atoms with Gasteiger partial charge in [-0.05, 0) is 56.7 Å². The van der Waals surface area contributed by atoms with E-state index in [0.29, 0.717) is 39.3 Å². The number of para-hydroxylation sites is 1. The van der Waals surface area contributed by atoms with Crippen LogP contribution >= 0.6 is 11.3 Å². The van der Waals surface area contributed by atoms with Crippen molar-refractivity contribution < 1.29 is 4.79 Å². The van der Waals surface area contributed by atoms with Crippen molar-refractivity contribution in [3.8, 4) is 0 Å². The molecule has 1 amide bonds. The summed E-state index contributed by atoms with van der Waals surface area (Å²) in [5, 5.41) is 5.92. The fourth-order valence-electron chi connectivity index (χ4n) is 4.53. The second-order valence-electron chi connectivity index (χ2n) is 8.48. The maximum absolute atomic E-state index is 13.7. The normalized spacial score (nSPS) is 18.1. The van der Waals surface area contributed by atoms with E-state index in [2.05, 4.69) is 54.7 Å². The number of carbonyl (C=O) groups is 1. The van der Waals surface area contributed by atoms with E-state index in [4.69, 9.17) is 0 Å². The van der Waals surface area contributed by atoms with Gasteiger partial charge in [-0.1, -0.05) is 42.0 Å². The molecule has 3 heterocycles. The number of amides is 1. The van der Waals surface area contributed by atoms with Crippen LogP contribution in [0.1, 0.15) is 25.0 Å². The highest BCUT2D eigenvalue weighted by Crippen LogP contribution is 2.31. The highest BCUT2D eigenvalue weighted by atomic mass is 32.1. The molecule has 2 aliphatic heterocycles. The van der Waals surface area contributed by atoms with Crippen LogP contribution in [-0.4, -0.2) is 22.7 Å². The highest BCUT2D eigenvalue weighted by Gasteiger charge is 2.31. The van der Waals surface area contributed by atoms with Crippen molar-refractivity contribution in [3.05, 3.63) is 97.9 Å². The van der Waals surface area contributed by atoms with Gasteiger partial charge in [0.1, 0.15) is 9.20 Å². The van der Waals surface area contributed by atoms with Gasteiger partial charge in [0, 0.05) is 18.8 Å². The van der Waals surface area contributed by atoms with Crippen LogP contribution in [0, 0.1) is 6.92 Å². The molecule has 0 aliphatic carbocycles. The summed E-state index contributed by atoms with van der Waals surface area (Å²) < 4.78 is 2.83. The van der Waals surface area contributed by atoms with E-state index >= 15 is 0 Å². The van der Waals surface area contributed by atoms with Crippen LogP contribution < -0.4 is 24.7 Å². The Kier molecular flexibility index (Phi) is 5.86. The zero-order chi connectivity index (χ0) is 24.7. The van der Waals surface area contributed by atoms with Crippen molar-refractivity contribution in [2.45, 2.75) is 27.3 Å². The molecule has 0 radical (unpaired) electrons. The molecule has 1 aromatic heterocycles. The number of carbonyl (C=O) groups excluding carboxylic acids is 1. The Morgan fingerprint density at radius 1 is 1.06 bits per heavy atom. The molecule has 176 valence electrons. The van der Waals surface area contributed by atoms with Gasteiger partial charge in [-0.2, -0.15) is 10.1 Å². The minimum atomic E-state index is -0.239. The second-order valence-corrected chi connectivity index (χ2v) is 9.48. The first kappa shape index (κ1) is 22.8. The van der Waals surface area contributed by atoms with E-state index in [1.165, 1.54) is 21.9 Å². The predicted molar refractivity (Wildman–Crippen MR) is 145 cm³/mol. The SMILES string of the molecule is C=CCn1c(=O)/c(=C2/C=Cc3cc(C)ccc3N2CC)s/c1=C1/C(=O)N(c2ccccc2)N=C1C. The minimum Gasteiger partial charge on any atom is -0.340 e. The van der Waals surface area contributed by atoms with Gasteiger partial charge in [-0.15, -0.1) is 17.9 Å². The molecule has 2 aliphatic rings. The van der Waals surface area contributed by atoms with E-state index in [1.807, 2.05) is 43.3 Å². The van der Waals surface area contributed by atoms with Gasteiger partial charge < -0.3 is 4.90 Å². The molecule has 0 spiro atoms. The summed E-state index contributed by atoms with van der Waals surface area (Å²) in [5.41, 5.74) is 5.81.